The maximum absolute atomic E-state index is 11.2. The minimum atomic E-state index is -1.75. The zero-order valence-electron chi connectivity index (χ0n) is 31.4. The molecule has 0 bridgehead atoms. The second kappa shape index (κ2) is 19.3. The Hall–Kier alpha value is -4.92. The average molecular weight is 783 g/mol. The van der Waals surface area contributed by atoms with E-state index in [1.807, 2.05) is 48.5 Å². The van der Waals surface area contributed by atoms with Crippen molar-refractivity contribution in [3.8, 4) is 22.5 Å². The molecule has 2 aliphatic heterocycles. The van der Waals surface area contributed by atoms with E-state index in [2.05, 4.69) is 61.5 Å². The fraction of sp³-hybridized carbons (Fsp3) is 0.474. The van der Waals surface area contributed by atoms with Gasteiger partial charge in [0, 0.05) is 11.1 Å². The van der Waals surface area contributed by atoms with E-state index < -0.39 is 73.2 Å². The van der Waals surface area contributed by atoms with Gasteiger partial charge in [0.2, 0.25) is 0 Å². The number of aliphatic carboxylic acids is 2. The summed E-state index contributed by atoms with van der Waals surface area (Å²) in [6, 6.07) is 15.7. The molecule has 0 saturated carbocycles. The van der Waals surface area contributed by atoms with Crippen molar-refractivity contribution in [2.75, 3.05) is 0 Å². The second-order valence-corrected chi connectivity index (χ2v) is 13.5. The Morgan fingerprint density at radius 2 is 0.929 bits per heavy atom. The number of hydrogen-bond donors (Lipinski definition) is 8. The third-order valence-electron chi connectivity index (χ3n) is 9.98. The summed E-state index contributed by atoms with van der Waals surface area (Å²) < 4.78 is 12.8. The van der Waals surface area contributed by atoms with Gasteiger partial charge in [0.25, 0.3) is 0 Å². The summed E-state index contributed by atoms with van der Waals surface area (Å²) in [6.07, 6.45) is -10.9. The van der Waals surface area contributed by atoms with Crippen LogP contribution in [0.15, 0.2) is 74.1 Å². The Kier molecular flexibility index (Phi) is 15.1. The van der Waals surface area contributed by atoms with Gasteiger partial charge in [0.05, 0.1) is 12.4 Å². The highest BCUT2D eigenvalue weighted by molar-refractivity contribution is 5.74. The minimum Gasteiger partial charge on any atom is -0.479 e. The highest BCUT2D eigenvalue weighted by atomic mass is 16.6. The molecule has 2 aromatic heterocycles. The largest absolute Gasteiger partial charge is 0.479 e. The number of aromatic nitrogens is 6. The summed E-state index contributed by atoms with van der Waals surface area (Å²) in [6.45, 7) is 14.5. The quantitative estimate of drug-likeness (QED) is 0.107. The molecule has 2 saturated heterocycles. The molecular formula is C38H50N6O12. The summed E-state index contributed by atoms with van der Waals surface area (Å²) in [5.74, 6) is -2.00. The van der Waals surface area contributed by atoms with Gasteiger partial charge in [-0.05, 0) is 35.8 Å². The summed E-state index contributed by atoms with van der Waals surface area (Å²) in [5.41, 5.74) is 5.04. The number of rotatable bonds is 10. The average Bonchev–Trinajstić information content (AvgIpc) is 3.91. The molecule has 12 unspecified atom stereocenters. The van der Waals surface area contributed by atoms with Crippen LogP contribution in [-0.2, 0) is 19.1 Å². The Labute approximate surface area is 322 Å². The summed E-state index contributed by atoms with van der Waals surface area (Å²) >= 11 is 0. The fourth-order valence-corrected chi connectivity index (χ4v) is 6.07. The van der Waals surface area contributed by atoms with Gasteiger partial charge in [-0.2, -0.15) is 0 Å². The Morgan fingerprint density at radius 1 is 0.607 bits per heavy atom. The first-order chi connectivity index (χ1) is 26.7. The van der Waals surface area contributed by atoms with Crippen molar-refractivity contribution in [2.45, 2.75) is 114 Å². The highest BCUT2D eigenvalue weighted by Crippen LogP contribution is 2.31. The lowest BCUT2D eigenvalue weighted by Crippen LogP contribution is -2.57. The van der Waals surface area contributed by atoms with Crippen molar-refractivity contribution < 1.29 is 59.9 Å². The molecule has 0 radical (unpaired) electrons. The Bertz CT molecular complexity index is 1740. The molecule has 56 heavy (non-hydrogen) atoms. The predicted octanol–water partition coefficient (Wildman–Crippen LogP) is 1.85. The van der Waals surface area contributed by atoms with Crippen LogP contribution in [0.4, 0.5) is 0 Å². The number of carboxylic acids is 2. The normalized spacial score (nSPS) is 28.5. The van der Waals surface area contributed by atoms with Crippen LogP contribution in [0.2, 0.25) is 0 Å². The number of nitrogens with zero attached hydrogens (tertiary/aromatic N) is 6. The lowest BCUT2D eigenvalue weighted by Gasteiger charge is -2.38. The molecule has 12 atom stereocenters. The van der Waals surface area contributed by atoms with E-state index in [-0.39, 0.29) is 0 Å². The van der Waals surface area contributed by atoms with Crippen molar-refractivity contribution in [1.82, 2.24) is 30.0 Å². The standard InChI is InChI=1S/2C18H23N3O6.C2H4/c2*1-3-9(2)10-4-6-11(7-5-10)12-8-21(20-19-12)17-15(24)13(22)14(23)16(27-17)18(25)26;1-2/h2*4-9,13-17,22-24H,3H2,1-2H3,(H,25,26);1-2H2. The molecule has 304 valence electrons. The second-order valence-electron chi connectivity index (χ2n) is 13.5. The van der Waals surface area contributed by atoms with Crippen LogP contribution in [0.3, 0.4) is 0 Å². The van der Waals surface area contributed by atoms with Crippen molar-refractivity contribution in [3.63, 3.8) is 0 Å². The number of carbonyl (C=O) groups is 2. The van der Waals surface area contributed by atoms with Gasteiger partial charge in [-0.15, -0.1) is 23.4 Å². The molecule has 8 N–H and O–H groups in total. The van der Waals surface area contributed by atoms with E-state index in [0.29, 0.717) is 23.2 Å². The Balaban J connectivity index is 0.000000238. The van der Waals surface area contributed by atoms with E-state index in [0.717, 1.165) is 33.3 Å². The molecule has 18 heteroatoms. The third-order valence-corrected chi connectivity index (χ3v) is 9.98. The summed E-state index contributed by atoms with van der Waals surface area (Å²) in [5, 5.41) is 93.8. The first kappa shape index (κ1) is 43.8. The number of aliphatic hydroxyl groups is 6. The van der Waals surface area contributed by atoms with Gasteiger partial charge in [0.15, 0.2) is 24.7 Å². The zero-order valence-corrected chi connectivity index (χ0v) is 31.4. The maximum Gasteiger partial charge on any atom is 0.335 e. The van der Waals surface area contributed by atoms with Crippen LogP contribution in [0.1, 0.15) is 76.0 Å². The van der Waals surface area contributed by atoms with Crippen molar-refractivity contribution in [3.05, 3.63) is 85.2 Å². The lowest BCUT2D eigenvalue weighted by atomic mass is 9.97. The van der Waals surface area contributed by atoms with Crippen LogP contribution >= 0.6 is 0 Å². The smallest absolute Gasteiger partial charge is 0.335 e. The number of carboxylic acid groups (broad SMARTS) is 2. The SMILES string of the molecule is C=C.CCC(C)c1ccc(-c2cn(C3OC(C(=O)O)C(O)C(O)C3O)nn2)cc1.CCC(C)c1ccc(-c2cn(C3OC(C(=O)O)C(O)C(O)C3O)nn2)cc1. The van der Waals surface area contributed by atoms with Gasteiger partial charge >= 0.3 is 11.9 Å². The van der Waals surface area contributed by atoms with Gasteiger partial charge in [0.1, 0.15) is 48.0 Å². The van der Waals surface area contributed by atoms with Crippen LogP contribution in [0.5, 0.6) is 0 Å². The molecule has 2 aliphatic rings. The molecule has 0 aliphatic carbocycles. The van der Waals surface area contributed by atoms with E-state index in [4.69, 9.17) is 19.7 Å². The van der Waals surface area contributed by atoms with Gasteiger partial charge < -0.3 is 50.3 Å². The number of aliphatic hydroxyl groups excluding tert-OH is 6. The summed E-state index contributed by atoms with van der Waals surface area (Å²) in [7, 11) is 0. The zero-order chi connectivity index (χ0) is 41.4. The number of benzene rings is 2. The van der Waals surface area contributed by atoms with Crippen molar-refractivity contribution >= 4 is 11.9 Å². The van der Waals surface area contributed by atoms with E-state index >= 15 is 0 Å². The topological polar surface area (TPSA) is 276 Å². The highest BCUT2D eigenvalue weighted by Gasteiger charge is 2.49. The van der Waals surface area contributed by atoms with E-state index in [9.17, 15) is 40.2 Å². The van der Waals surface area contributed by atoms with Gasteiger partial charge in [-0.1, -0.05) is 86.7 Å². The monoisotopic (exact) mass is 782 g/mol. The molecule has 4 heterocycles. The number of hydrogen-bond acceptors (Lipinski definition) is 14. The molecule has 6 rings (SSSR count). The van der Waals surface area contributed by atoms with Crippen molar-refractivity contribution in [2.24, 2.45) is 0 Å². The van der Waals surface area contributed by atoms with E-state index in [1.165, 1.54) is 23.5 Å². The first-order valence-electron chi connectivity index (χ1n) is 18.1. The first-order valence-corrected chi connectivity index (χ1v) is 18.1. The van der Waals surface area contributed by atoms with Crippen LogP contribution in [0.25, 0.3) is 22.5 Å². The number of ether oxygens (including phenoxy) is 2. The third kappa shape index (κ3) is 9.54. The molecule has 4 aromatic rings. The van der Waals surface area contributed by atoms with Crippen LogP contribution < -0.4 is 0 Å². The maximum atomic E-state index is 11.2. The fourth-order valence-electron chi connectivity index (χ4n) is 6.07. The van der Waals surface area contributed by atoms with E-state index in [1.54, 1.807) is 0 Å². The van der Waals surface area contributed by atoms with Crippen molar-refractivity contribution in [1.29, 1.82) is 0 Å². The molecule has 0 spiro atoms. The van der Waals surface area contributed by atoms with Gasteiger partial charge in [-0.25, -0.2) is 19.0 Å². The summed E-state index contributed by atoms with van der Waals surface area (Å²) in [4.78, 5) is 22.4. The lowest BCUT2D eigenvalue weighted by molar-refractivity contribution is -0.249. The Morgan fingerprint density at radius 3 is 1.21 bits per heavy atom. The van der Waals surface area contributed by atoms with Crippen LogP contribution in [-0.4, -0.2) is 132 Å². The molecule has 2 fully saturated rings. The molecule has 2 aromatic carbocycles. The predicted molar refractivity (Wildman–Crippen MR) is 199 cm³/mol. The molecule has 0 amide bonds. The van der Waals surface area contributed by atoms with Gasteiger partial charge in [-0.3, -0.25) is 0 Å². The van der Waals surface area contributed by atoms with Crippen LogP contribution in [0, 0.1) is 0 Å². The molecular weight excluding hydrogens is 732 g/mol. The minimum absolute atomic E-state index is 0.446. The molecule has 18 nitrogen and oxygen atoms in total.